The van der Waals surface area contributed by atoms with Crippen molar-refractivity contribution in [2.45, 2.75) is 69.6 Å². The SMILES string of the molecule is O=C(N[C@@H]1CCC[C@@H](N2CCCC2)[C@@H]1O)c1n[nH]c2c1CCC2. The van der Waals surface area contributed by atoms with Crippen LogP contribution in [0, 0.1) is 0 Å². The molecule has 0 unspecified atom stereocenters. The Kier molecular flexibility index (Phi) is 4.11. The lowest BCUT2D eigenvalue weighted by Gasteiger charge is -2.40. The van der Waals surface area contributed by atoms with Crippen LogP contribution in [-0.4, -0.2) is 57.4 Å². The van der Waals surface area contributed by atoms with Gasteiger partial charge in [0.15, 0.2) is 5.69 Å². The molecule has 1 aromatic heterocycles. The van der Waals surface area contributed by atoms with E-state index in [9.17, 15) is 9.90 Å². The molecule has 1 saturated heterocycles. The third-order valence-electron chi connectivity index (χ3n) is 5.77. The maximum absolute atomic E-state index is 12.6. The number of likely N-dealkylation sites (tertiary alicyclic amines) is 1. The second-order valence-corrected chi connectivity index (χ2v) is 7.19. The quantitative estimate of drug-likeness (QED) is 0.777. The van der Waals surface area contributed by atoms with Crippen LogP contribution in [0.25, 0.3) is 0 Å². The minimum absolute atomic E-state index is 0.129. The van der Waals surface area contributed by atoms with Crippen molar-refractivity contribution >= 4 is 5.91 Å². The summed E-state index contributed by atoms with van der Waals surface area (Å²) in [4.78, 5) is 15.0. The first-order valence-electron chi connectivity index (χ1n) is 9.03. The number of hydrogen-bond donors (Lipinski definition) is 3. The van der Waals surface area contributed by atoms with Crippen LogP contribution in [0.1, 0.15) is 60.3 Å². The number of aryl methyl sites for hydroxylation is 1. The number of nitrogens with one attached hydrogen (secondary N) is 2. The molecule has 0 aromatic carbocycles. The smallest absolute Gasteiger partial charge is 0.272 e. The van der Waals surface area contributed by atoms with Gasteiger partial charge >= 0.3 is 0 Å². The molecule has 4 rings (SSSR count). The van der Waals surface area contributed by atoms with E-state index in [0.717, 1.165) is 62.9 Å². The summed E-state index contributed by atoms with van der Waals surface area (Å²) in [6, 6.07) is 0.0389. The molecule has 2 aliphatic carbocycles. The average molecular weight is 318 g/mol. The summed E-state index contributed by atoms with van der Waals surface area (Å²) in [5.74, 6) is -0.129. The maximum Gasteiger partial charge on any atom is 0.272 e. The molecule has 0 bridgehead atoms. The van der Waals surface area contributed by atoms with E-state index in [-0.39, 0.29) is 18.0 Å². The van der Waals surface area contributed by atoms with E-state index in [1.807, 2.05) is 0 Å². The lowest BCUT2D eigenvalue weighted by Crippen LogP contribution is -2.56. The fraction of sp³-hybridized carbons (Fsp3) is 0.765. The number of carbonyl (C=O) groups excluding carboxylic acids is 1. The molecule has 126 valence electrons. The molecule has 1 saturated carbocycles. The topological polar surface area (TPSA) is 81.2 Å². The Hall–Kier alpha value is -1.40. The fourth-order valence-corrected chi connectivity index (χ4v) is 4.53. The lowest BCUT2D eigenvalue weighted by atomic mass is 9.87. The van der Waals surface area contributed by atoms with Crippen LogP contribution >= 0.6 is 0 Å². The third kappa shape index (κ3) is 2.78. The normalized spacial score (nSPS) is 31.3. The lowest BCUT2D eigenvalue weighted by molar-refractivity contribution is 0.00696. The summed E-state index contributed by atoms with van der Waals surface area (Å²) >= 11 is 0. The highest BCUT2D eigenvalue weighted by molar-refractivity contribution is 5.94. The van der Waals surface area contributed by atoms with Crippen molar-refractivity contribution < 1.29 is 9.90 Å². The minimum atomic E-state index is -0.474. The van der Waals surface area contributed by atoms with Gasteiger partial charge in [-0.3, -0.25) is 14.8 Å². The van der Waals surface area contributed by atoms with E-state index < -0.39 is 6.10 Å². The van der Waals surface area contributed by atoms with Gasteiger partial charge in [-0.2, -0.15) is 5.10 Å². The zero-order valence-electron chi connectivity index (χ0n) is 13.6. The van der Waals surface area contributed by atoms with Gasteiger partial charge in [0.05, 0.1) is 12.1 Å². The number of carbonyl (C=O) groups is 1. The van der Waals surface area contributed by atoms with Gasteiger partial charge in [-0.25, -0.2) is 0 Å². The maximum atomic E-state index is 12.6. The second-order valence-electron chi connectivity index (χ2n) is 7.19. The minimum Gasteiger partial charge on any atom is -0.389 e. The number of aliphatic hydroxyl groups is 1. The average Bonchev–Trinajstić information content (AvgIpc) is 3.26. The number of aromatic nitrogens is 2. The molecule has 2 heterocycles. The summed E-state index contributed by atoms with van der Waals surface area (Å²) in [6.45, 7) is 2.16. The van der Waals surface area contributed by atoms with Gasteiger partial charge in [-0.05, 0) is 64.5 Å². The Bertz CT molecular complexity index is 579. The number of nitrogens with zero attached hydrogens (tertiary/aromatic N) is 2. The second kappa shape index (κ2) is 6.24. The molecule has 23 heavy (non-hydrogen) atoms. The van der Waals surface area contributed by atoms with Crippen LogP contribution in [0.2, 0.25) is 0 Å². The van der Waals surface area contributed by atoms with Crippen molar-refractivity contribution in [2.75, 3.05) is 13.1 Å². The Morgan fingerprint density at radius 2 is 2.00 bits per heavy atom. The summed E-state index contributed by atoms with van der Waals surface area (Å²) in [5, 5.41) is 21.0. The van der Waals surface area contributed by atoms with Crippen LogP contribution in [0.4, 0.5) is 0 Å². The largest absolute Gasteiger partial charge is 0.389 e. The van der Waals surface area contributed by atoms with E-state index in [1.54, 1.807) is 0 Å². The number of hydrogen-bond acceptors (Lipinski definition) is 4. The van der Waals surface area contributed by atoms with Crippen molar-refractivity contribution in [1.29, 1.82) is 0 Å². The highest BCUT2D eigenvalue weighted by Crippen LogP contribution is 2.27. The number of fused-ring (bicyclic) bond motifs is 1. The summed E-state index contributed by atoms with van der Waals surface area (Å²) in [6.07, 6.45) is 7.91. The Morgan fingerprint density at radius 1 is 1.17 bits per heavy atom. The van der Waals surface area contributed by atoms with E-state index >= 15 is 0 Å². The first-order chi connectivity index (χ1) is 11.2. The molecule has 0 radical (unpaired) electrons. The van der Waals surface area contributed by atoms with Gasteiger partial charge in [0, 0.05) is 17.3 Å². The highest BCUT2D eigenvalue weighted by Gasteiger charge is 2.37. The number of amides is 1. The summed E-state index contributed by atoms with van der Waals surface area (Å²) < 4.78 is 0. The predicted molar refractivity (Wildman–Crippen MR) is 86.3 cm³/mol. The first-order valence-corrected chi connectivity index (χ1v) is 9.03. The molecule has 6 heteroatoms. The number of H-pyrrole nitrogens is 1. The number of aliphatic hydroxyl groups excluding tert-OH is 1. The van der Waals surface area contributed by atoms with Gasteiger partial charge < -0.3 is 10.4 Å². The van der Waals surface area contributed by atoms with Crippen molar-refractivity contribution in [3.8, 4) is 0 Å². The molecule has 1 aliphatic heterocycles. The first kappa shape index (κ1) is 15.1. The fourth-order valence-electron chi connectivity index (χ4n) is 4.53. The van der Waals surface area contributed by atoms with Crippen molar-refractivity contribution in [3.05, 3.63) is 17.0 Å². The molecule has 1 amide bonds. The summed E-state index contributed by atoms with van der Waals surface area (Å²) in [7, 11) is 0. The molecule has 3 atom stereocenters. The number of rotatable bonds is 3. The van der Waals surface area contributed by atoms with Gasteiger partial charge in [-0.15, -0.1) is 0 Å². The predicted octanol–water partition coefficient (Wildman–Crippen LogP) is 1.01. The molecule has 3 aliphatic rings. The van der Waals surface area contributed by atoms with E-state index in [4.69, 9.17) is 0 Å². The monoisotopic (exact) mass is 318 g/mol. The Balaban J connectivity index is 1.44. The van der Waals surface area contributed by atoms with Crippen molar-refractivity contribution in [1.82, 2.24) is 20.4 Å². The van der Waals surface area contributed by atoms with Gasteiger partial charge in [-0.1, -0.05) is 0 Å². The molecule has 3 N–H and O–H groups in total. The van der Waals surface area contributed by atoms with Crippen molar-refractivity contribution in [3.63, 3.8) is 0 Å². The van der Waals surface area contributed by atoms with Crippen LogP contribution in [-0.2, 0) is 12.8 Å². The van der Waals surface area contributed by atoms with Crippen LogP contribution < -0.4 is 5.32 Å². The molecule has 2 fully saturated rings. The molecule has 0 spiro atoms. The van der Waals surface area contributed by atoms with Crippen LogP contribution in [0.15, 0.2) is 0 Å². The standard InChI is InChI=1S/C17H26N4O2/c22-16-13(7-4-8-14(16)21-9-1-2-10-21)18-17(23)15-11-5-3-6-12(11)19-20-15/h13-14,16,22H,1-10H2,(H,18,23)(H,19,20)/t13-,14-,16-/m1/s1. The van der Waals surface area contributed by atoms with Crippen LogP contribution in [0.5, 0.6) is 0 Å². The molecular weight excluding hydrogens is 292 g/mol. The Morgan fingerprint density at radius 3 is 2.83 bits per heavy atom. The molecular formula is C17H26N4O2. The highest BCUT2D eigenvalue weighted by atomic mass is 16.3. The van der Waals surface area contributed by atoms with Gasteiger partial charge in [0.25, 0.3) is 5.91 Å². The Labute approximate surface area is 136 Å². The van der Waals surface area contributed by atoms with E-state index in [1.165, 1.54) is 12.8 Å². The van der Waals surface area contributed by atoms with Crippen LogP contribution in [0.3, 0.4) is 0 Å². The zero-order chi connectivity index (χ0) is 15.8. The third-order valence-corrected chi connectivity index (χ3v) is 5.77. The zero-order valence-corrected chi connectivity index (χ0v) is 13.6. The summed E-state index contributed by atoms with van der Waals surface area (Å²) in [5.41, 5.74) is 2.71. The van der Waals surface area contributed by atoms with E-state index in [2.05, 4.69) is 20.4 Å². The van der Waals surface area contributed by atoms with Crippen molar-refractivity contribution in [2.24, 2.45) is 0 Å². The van der Waals surface area contributed by atoms with Gasteiger partial charge in [0.1, 0.15) is 0 Å². The molecule has 6 nitrogen and oxygen atoms in total. The van der Waals surface area contributed by atoms with E-state index in [0.29, 0.717) is 5.69 Å². The van der Waals surface area contributed by atoms with Gasteiger partial charge in [0.2, 0.25) is 0 Å². The number of aromatic amines is 1. The molecule has 1 aromatic rings.